The summed E-state index contributed by atoms with van der Waals surface area (Å²) in [6, 6.07) is 7.61. The van der Waals surface area contributed by atoms with Crippen molar-refractivity contribution < 1.29 is 4.79 Å². The fourth-order valence-electron chi connectivity index (χ4n) is 1.91. The molecule has 0 radical (unpaired) electrons. The van der Waals surface area contributed by atoms with Crippen LogP contribution in [0.15, 0.2) is 24.3 Å². The van der Waals surface area contributed by atoms with Gasteiger partial charge in [-0.05, 0) is 24.0 Å². The van der Waals surface area contributed by atoms with Crippen LogP contribution in [0.5, 0.6) is 0 Å². The summed E-state index contributed by atoms with van der Waals surface area (Å²) in [6.07, 6.45) is 3.31. The number of hydrogen-bond donors (Lipinski definition) is 1. The highest BCUT2D eigenvalue weighted by atomic mass is 16.1. The van der Waals surface area contributed by atoms with Gasteiger partial charge in [-0.2, -0.15) is 0 Å². The minimum atomic E-state index is -0.325. The number of hydrogen-bond acceptors (Lipinski definition) is 1. The molecule has 2 nitrogen and oxygen atoms in total. The van der Waals surface area contributed by atoms with Gasteiger partial charge in [-0.1, -0.05) is 44.9 Å². The van der Waals surface area contributed by atoms with Crippen LogP contribution < -0.4 is 5.73 Å². The zero-order chi connectivity index (χ0) is 11.3. The zero-order valence-electron chi connectivity index (χ0n) is 9.49. The molecule has 0 aliphatic heterocycles. The van der Waals surface area contributed by atoms with E-state index in [1.807, 2.05) is 18.2 Å². The molecule has 1 amide bonds. The van der Waals surface area contributed by atoms with Crippen molar-refractivity contribution >= 4 is 5.91 Å². The summed E-state index contributed by atoms with van der Waals surface area (Å²) in [5, 5.41) is 0. The second-order valence-electron chi connectivity index (χ2n) is 4.12. The lowest BCUT2D eigenvalue weighted by atomic mass is 9.94. The fourth-order valence-corrected chi connectivity index (χ4v) is 1.91. The Balaban J connectivity index is 2.79. The SMILES string of the molecule is CCCC(C)Cc1ccccc1C(N)=O. The molecule has 1 rings (SSSR count). The molecule has 1 aromatic carbocycles. The maximum Gasteiger partial charge on any atom is 0.248 e. The number of amides is 1. The lowest BCUT2D eigenvalue weighted by molar-refractivity contribution is 0.0999. The smallest absolute Gasteiger partial charge is 0.248 e. The van der Waals surface area contributed by atoms with Crippen LogP contribution >= 0.6 is 0 Å². The summed E-state index contributed by atoms with van der Waals surface area (Å²) < 4.78 is 0. The van der Waals surface area contributed by atoms with Gasteiger partial charge in [0.2, 0.25) is 5.91 Å². The van der Waals surface area contributed by atoms with Crippen LogP contribution in [0.25, 0.3) is 0 Å². The van der Waals surface area contributed by atoms with Crippen molar-refractivity contribution in [2.45, 2.75) is 33.1 Å². The molecule has 1 aromatic rings. The van der Waals surface area contributed by atoms with Crippen molar-refractivity contribution in [3.05, 3.63) is 35.4 Å². The van der Waals surface area contributed by atoms with E-state index in [0.29, 0.717) is 11.5 Å². The third kappa shape index (κ3) is 3.39. The number of primary amides is 1. The monoisotopic (exact) mass is 205 g/mol. The number of rotatable bonds is 5. The van der Waals surface area contributed by atoms with Gasteiger partial charge in [-0.15, -0.1) is 0 Å². The summed E-state index contributed by atoms with van der Waals surface area (Å²) in [7, 11) is 0. The minimum absolute atomic E-state index is 0.325. The Hall–Kier alpha value is -1.31. The number of nitrogens with two attached hydrogens (primary N) is 1. The quantitative estimate of drug-likeness (QED) is 0.789. The van der Waals surface area contributed by atoms with Crippen molar-refractivity contribution in [1.82, 2.24) is 0 Å². The molecular formula is C13H19NO. The number of benzene rings is 1. The van der Waals surface area contributed by atoms with E-state index in [0.717, 1.165) is 12.0 Å². The van der Waals surface area contributed by atoms with Crippen molar-refractivity contribution in [2.24, 2.45) is 11.7 Å². The molecular weight excluding hydrogens is 186 g/mol. The lowest BCUT2D eigenvalue weighted by Crippen LogP contribution is -2.14. The van der Waals surface area contributed by atoms with E-state index < -0.39 is 0 Å². The first-order valence-electron chi connectivity index (χ1n) is 5.52. The predicted molar refractivity (Wildman–Crippen MR) is 62.7 cm³/mol. The van der Waals surface area contributed by atoms with Gasteiger partial charge in [0, 0.05) is 5.56 Å². The highest BCUT2D eigenvalue weighted by molar-refractivity contribution is 5.94. The third-order valence-corrected chi connectivity index (χ3v) is 2.63. The average molecular weight is 205 g/mol. The minimum Gasteiger partial charge on any atom is -0.366 e. The Morgan fingerprint density at radius 2 is 2.07 bits per heavy atom. The summed E-state index contributed by atoms with van der Waals surface area (Å²) >= 11 is 0. The fraction of sp³-hybridized carbons (Fsp3) is 0.462. The van der Waals surface area contributed by atoms with Gasteiger partial charge in [0.05, 0.1) is 0 Å². The zero-order valence-corrected chi connectivity index (χ0v) is 9.49. The molecule has 0 saturated carbocycles. The number of carbonyl (C=O) groups excluding carboxylic acids is 1. The first-order chi connectivity index (χ1) is 7.15. The third-order valence-electron chi connectivity index (χ3n) is 2.63. The maximum atomic E-state index is 11.2. The molecule has 0 aromatic heterocycles. The van der Waals surface area contributed by atoms with Gasteiger partial charge in [0.15, 0.2) is 0 Å². The Morgan fingerprint density at radius 1 is 1.40 bits per heavy atom. The molecule has 2 N–H and O–H groups in total. The second-order valence-corrected chi connectivity index (χ2v) is 4.12. The van der Waals surface area contributed by atoms with Crippen molar-refractivity contribution in [1.29, 1.82) is 0 Å². The molecule has 2 heteroatoms. The predicted octanol–water partition coefficient (Wildman–Crippen LogP) is 2.76. The van der Waals surface area contributed by atoms with Crippen LogP contribution in [0.1, 0.15) is 42.6 Å². The summed E-state index contributed by atoms with van der Waals surface area (Å²) in [6.45, 7) is 4.39. The summed E-state index contributed by atoms with van der Waals surface area (Å²) in [4.78, 5) is 11.2. The first-order valence-corrected chi connectivity index (χ1v) is 5.52. The molecule has 82 valence electrons. The van der Waals surface area contributed by atoms with Crippen LogP contribution in [-0.2, 0) is 6.42 Å². The Bertz CT molecular complexity index is 333. The van der Waals surface area contributed by atoms with Crippen LogP contribution in [0, 0.1) is 5.92 Å². The van der Waals surface area contributed by atoms with Gasteiger partial charge in [0.1, 0.15) is 0 Å². The van der Waals surface area contributed by atoms with Crippen molar-refractivity contribution in [3.63, 3.8) is 0 Å². The van der Waals surface area contributed by atoms with E-state index in [4.69, 9.17) is 5.73 Å². The molecule has 1 atom stereocenters. The van der Waals surface area contributed by atoms with Crippen LogP contribution in [-0.4, -0.2) is 5.91 Å². The van der Waals surface area contributed by atoms with Crippen LogP contribution in [0.2, 0.25) is 0 Å². The second kappa shape index (κ2) is 5.54. The van der Waals surface area contributed by atoms with Gasteiger partial charge >= 0.3 is 0 Å². The van der Waals surface area contributed by atoms with E-state index in [2.05, 4.69) is 13.8 Å². The van der Waals surface area contributed by atoms with E-state index in [1.165, 1.54) is 12.8 Å². The molecule has 0 saturated heterocycles. The normalized spacial score (nSPS) is 12.4. The topological polar surface area (TPSA) is 43.1 Å². The Labute approximate surface area is 91.5 Å². The largest absolute Gasteiger partial charge is 0.366 e. The molecule has 0 heterocycles. The molecule has 15 heavy (non-hydrogen) atoms. The van der Waals surface area contributed by atoms with E-state index >= 15 is 0 Å². The summed E-state index contributed by atoms with van der Waals surface area (Å²) in [5.74, 6) is 0.282. The van der Waals surface area contributed by atoms with E-state index in [1.54, 1.807) is 6.07 Å². The molecule has 1 unspecified atom stereocenters. The van der Waals surface area contributed by atoms with E-state index in [9.17, 15) is 4.79 Å². The van der Waals surface area contributed by atoms with Gasteiger partial charge in [0.25, 0.3) is 0 Å². The van der Waals surface area contributed by atoms with E-state index in [-0.39, 0.29) is 5.91 Å². The molecule has 0 spiro atoms. The van der Waals surface area contributed by atoms with Crippen molar-refractivity contribution in [3.8, 4) is 0 Å². The highest BCUT2D eigenvalue weighted by Gasteiger charge is 2.09. The standard InChI is InChI=1S/C13H19NO/c1-3-6-10(2)9-11-7-4-5-8-12(11)13(14)15/h4-5,7-8,10H,3,6,9H2,1-2H3,(H2,14,15). The molecule has 0 aliphatic rings. The van der Waals surface area contributed by atoms with Crippen molar-refractivity contribution in [2.75, 3.05) is 0 Å². The molecule has 0 bridgehead atoms. The van der Waals surface area contributed by atoms with Gasteiger partial charge in [-0.25, -0.2) is 0 Å². The van der Waals surface area contributed by atoms with Gasteiger partial charge in [-0.3, -0.25) is 4.79 Å². The van der Waals surface area contributed by atoms with Crippen LogP contribution in [0.3, 0.4) is 0 Å². The number of carbonyl (C=O) groups is 1. The molecule has 0 aliphatic carbocycles. The molecule has 0 fully saturated rings. The first kappa shape index (κ1) is 11.8. The Kier molecular flexibility index (Phi) is 4.35. The average Bonchev–Trinajstić information content (AvgIpc) is 2.18. The maximum absolute atomic E-state index is 11.2. The summed E-state index contributed by atoms with van der Waals surface area (Å²) in [5.41, 5.74) is 7.07. The lowest BCUT2D eigenvalue weighted by Gasteiger charge is -2.12. The Morgan fingerprint density at radius 3 is 2.67 bits per heavy atom. The highest BCUT2D eigenvalue weighted by Crippen LogP contribution is 2.16. The van der Waals surface area contributed by atoms with Crippen LogP contribution in [0.4, 0.5) is 0 Å². The van der Waals surface area contributed by atoms with Gasteiger partial charge < -0.3 is 5.73 Å².